The summed E-state index contributed by atoms with van der Waals surface area (Å²) in [6.45, 7) is 8.20. The summed E-state index contributed by atoms with van der Waals surface area (Å²) in [5.74, 6) is 0. The van der Waals surface area contributed by atoms with Crippen LogP contribution in [0.3, 0.4) is 0 Å². The topological polar surface area (TPSA) is 64.7 Å². The Morgan fingerprint density at radius 3 is 1.55 bits per heavy atom. The third kappa shape index (κ3) is 1.90. The van der Waals surface area contributed by atoms with Crippen LogP contribution in [0.25, 0.3) is 0 Å². The number of hydrogen-bond acceptors (Lipinski definition) is 2. The van der Waals surface area contributed by atoms with Crippen molar-refractivity contribution in [2.24, 2.45) is 0 Å². The van der Waals surface area contributed by atoms with Crippen LogP contribution in [0.1, 0.15) is 0 Å². The largest absolute Gasteiger partial charge is 0.870 e. The average molecular weight is 162 g/mol. The van der Waals surface area contributed by atoms with Crippen LogP contribution in [0, 0.1) is 0 Å². The zero-order valence-electron chi connectivity index (χ0n) is 7.08. The Morgan fingerprint density at radius 2 is 1.36 bits per heavy atom. The van der Waals surface area contributed by atoms with Gasteiger partial charge in [0, 0.05) is 19.6 Å². The highest BCUT2D eigenvalue weighted by atomic mass is 16.0. The van der Waals surface area contributed by atoms with Crippen LogP contribution in [0.5, 0.6) is 0 Å². The van der Waals surface area contributed by atoms with Gasteiger partial charge in [0.2, 0.25) is 0 Å². The minimum atomic E-state index is 0. The third-order valence-electron chi connectivity index (χ3n) is 2.87. The molecule has 0 saturated carbocycles. The van der Waals surface area contributed by atoms with Gasteiger partial charge in [0.1, 0.15) is 0 Å². The monoisotopic (exact) mass is 162 g/mol. The number of fused-ring (bicyclic) bond motifs is 3. The minimum absolute atomic E-state index is 0. The molecule has 0 spiro atoms. The second-order valence-electron chi connectivity index (χ2n) is 3.63. The molecule has 3 fully saturated rings. The molecule has 2 bridgehead atoms. The molecule has 3 aliphatic rings. The number of hydrogen-bond donors (Lipinski definition) is 0. The maximum Gasteiger partial charge on any atom is 0.0914 e. The van der Waals surface area contributed by atoms with Crippen LogP contribution >= 0.6 is 0 Å². The summed E-state index contributed by atoms with van der Waals surface area (Å²) in [6.07, 6.45) is 0. The predicted octanol–water partition coefficient (Wildman–Crippen LogP) is -1.24. The van der Waals surface area contributed by atoms with Crippen molar-refractivity contribution in [3.8, 4) is 0 Å². The van der Waals surface area contributed by atoms with E-state index in [1.54, 1.807) is 0 Å². The van der Waals surface area contributed by atoms with Gasteiger partial charge in [0.25, 0.3) is 0 Å². The first-order valence-corrected chi connectivity index (χ1v) is 3.84. The normalized spacial score (nSPS) is 40.6. The van der Waals surface area contributed by atoms with E-state index in [0.717, 1.165) is 0 Å². The molecule has 0 aliphatic carbocycles. The molecular weight excluding hydrogens is 144 g/mol. The SMILES string of the molecule is C[N+]12CCN(CC1)CC2.O.[OH-]. The van der Waals surface area contributed by atoms with Crippen molar-refractivity contribution in [3.63, 3.8) is 0 Å². The fourth-order valence-electron chi connectivity index (χ4n) is 1.82. The van der Waals surface area contributed by atoms with E-state index >= 15 is 0 Å². The van der Waals surface area contributed by atoms with E-state index in [1.807, 2.05) is 0 Å². The van der Waals surface area contributed by atoms with Gasteiger partial charge in [0.15, 0.2) is 0 Å². The van der Waals surface area contributed by atoms with Crippen molar-refractivity contribution < 1.29 is 15.4 Å². The maximum atomic E-state index is 2.57. The van der Waals surface area contributed by atoms with Gasteiger partial charge >= 0.3 is 0 Å². The van der Waals surface area contributed by atoms with Crippen LogP contribution in [-0.2, 0) is 0 Å². The van der Waals surface area contributed by atoms with Gasteiger partial charge < -0.3 is 15.4 Å². The molecule has 0 radical (unpaired) electrons. The quantitative estimate of drug-likeness (QED) is 0.418. The molecule has 68 valence electrons. The summed E-state index contributed by atoms with van der Waals surface area (Å²) >= 11 is 0. The van der Waals surface area contributed by atoms with E-state index in [0.29, 0.717) is 0 Å². The number of likely N-dealkylation sites (N-methyl/N-ethyl adjacent to an activating group) is 1. The van der Waals surface area contributed by atoms with E-state index in [2.05, 4.69) is 11.9 Å². The van der Waals surface area contributed by atoms with Crippen LogP contribution in [0.2, 0.25) is 0 Å². The molecule has 0 unspecified atom stereocenters. The Bertz CT molecular complexity index is 108. The Hall–Kier alpha value is -0.160. The van der Waals surface area contributed by atoms with Crippen molar-refractivity contribution in [2.45, 2.75) is 0 Å². The second-order valence-corrected chi connectivity index (χ2v) is 3.63. The zero-order chi connectivity index (χ0) is 6.32. The molecule has 3 rings (SSSR count). The van der Waals surface area contributed by atoms with E-state index in [1.165, 1.54) is 43.8 Å². The Morgan fingerprint density at radius 1 is 1.00 bits per heavy atom. The Labute approximate surface area is 67.6 Å². The van der Waals surface area contributed by atoms with E-state index in [4.69, 9.17) is 0 Å². The van der Waals surface area contributed by atoms with Gasteiger partial charge in [-0.25, -0.2) is 0 Å². The van der Waals surface area contributed by atoms with Crippen LogP contribution in [0.4, 0.5) is 0 Å². The Balaban J connectivity index is 0.000000500. The van der Waals surface area contributed by atoms with Gasteiger partial charge in [-0.05, 0) is 0 Å². The molecule has 11 heavy (non-hydrogen) atoms. The van der Waals surface area contributed by atoms with Gasteiger partial charge in [-0.15, -0.1) is 0 Å². The molecule has 0 aromatic carbocycles. The molecule has 0 atom stereocenters. The fraction of sp³-hybridized carbons (Fsp3) is 1.00. The van der Waals surface area contributed by atoms with E-state index in [-0.39, 0.29) is 11.0 Å². The maximum absolute atomic E-state index is 2.57. The van der Waals surface area contributed by atoms with Crippen LogP contribution in [0.15, 0.2) is 0 Å². The first-order valence-electron chi connectivity index (χ1n) is 3.84. The lowest BCUT2D eigenvalue weighted by atomic mass is 10.2. The zero-order valence-corrected chi connectivity index (χ0v) is 7.08. The highest BCUT2D eigenvalue weighted by molar-refractivity contribution is 4.68. The van der Waals surface area contributed by atoms with Gasteiger partial charge in [-0.3, -0.25) is 4.90 Å². The molecule has 4 heteroatoms. The van der Waals surface area contributed by atoms with Crippen molar-refractivity contribution in [2.75, 3.05) is 46.3 Å². The number of nitrogens with zero attached hydrogens (tertiary/aromatic N) is 2. The van der Waals surface area contributed by atoms with Crippen molar-refractivity contribution in [1.82, 2.24) is 4.90 Å². The molecule has 3 N–H and O–H groups in total. The lowest BCUT2D eigenvalue weighted by molar-refractivity contribution is -0.922. The van der Waals surface area contributed by atoms with Crippen molar-refractivity contribution in [3.05, 3.63) is 0 Å². The summed E-state index contributed by atoms with van der Waals surface area (Å²) in [4.78, 5) is 2.57. The summed E-state index contributed by atoms with van der Waals surface area (Å²) in [7, 11) is 2.39. The summed E-state index contributed by atoms with van der Waals surface area (Å²) in [5, 5.41) is 0. The number of rotatable bonds is 0. The molecule has 0 amide bonds. The molecule has 0 aromatic rings. The van der Waals surface area contributed by atoms with Crippen LogP contribution < -0.4 is 0 Å². The number of piperazine rings is 3. The van der Waals surface area contributed by atoms with Crippen LogP contribution in [-0.4, -0.2) is 66.7 Å². The lowest BCUT2D eigenvalue weighted by Crippen LogP contribution is -2.65. The lowest BCUT2D eigenvalue weighted by Gasteiger charge is -2.48. The molecule has 3 aliphatic heterocycles. The smallest absolute Gasteiger partial charge is 0.0914 e. The third-order valence-corrected chi connectivity index (χ3v) is 2.87. The molecule has 3 heterocycles. The predicted molar refractivity (Wildman–Crippen MR) is 42.8 cm³/mol. The van der Waals surface area contributed by atoms with Gasteiger partial charge in [-0.1, -0.05) is 0 Å². The van der Waals surface area contributed by atoms with Gasteiger partial charge in [0.05, 0.1) is 26.7 Å². The highest BCUT2D eigenvalue weighted by Gasteiger charge is 2.34. The standard InChI is InChI=1S/C7H15N2.2H2O/c1-9-5-2-8(3-6-9)4-7-9;;/h2-7H2,1H3;2*1H2/q+1;;/p-1. The first-order chi connectivity index (χ1) is 4.29. The first kappa shape index (κ1) is 10.8. The highest BCUT2D eigenvalue weighted by Crippen LogP contribution is 2.15. The summed E-state index contributed by atoms with van der Waals surface area (Å²) in [6, 6.07) is 0. The number of quaternary nitrogens is 1. The van der Waals surface area contributed by atoms with Gasteiger partial charge in [-0.2, -0.15) is 0 Å². The Kier molecular flexibility index (Phi) is 3.44. The molecule has 0 aromatic heterocycles. The van der Waals surface area contributed by atoms with Crippen molar-refractivity contribution >= 4 is 0 Å². The van der Waals surface area contributed by atoms with E-state index in [9.17, 15) is 0 Å². The molecular formula is C7H18N2O2. The summed E-state index contributed by atoms with van der Waals surface area (Å²) < 4.78 is 1.34. The second kappa shape index (κ2) is 3.49. The molecule has 4 nitrogen and oxygen atoms in total. The molecule has 3 saturated heterocycles. The summed E-state index contributed by atoms with van der Waals surface area (Å²) in [5.41, 5.74) is 0. The van der Waals surface area contributed by atoms with E-state index < -0.39 is 0 Å². The fourth-order valence-corrected chi connectivity index (χ4v) is 1.82. The van der Waals surface area contributed by atoms with Crippen molar-refractivity contribution in [1.29, 1.82) is 0 Å². The minimum Gasteiger partial charge on any atom is -0.870 e. The average Bonchev–Trinajstić information content (AvgIpc) is 1.90.